The van der Waals surface area contributed by atoms with Gasteiger partial charge in [0.25, 0.3) is 0 Å². The van der Waals surface area contributed by atoms with E-state index in [1.807, 2.05) is 39.0 Å². The lowest BCUT2D eigenvalue weighted by Gasteiger charge is -2.26. The van der Waals surface area contributed by atoms with E-state index in [4.69, 9.17) is 21.1 Å². The molecule has 1 unspecified atom stereocenters. The highest BCUT2D eigenvalue weighted by Crippen LogP contribution is 2.25. The zero-order chi connectivity index (χ0) is 24.2. The molecule has 1 amide bonds. The van der Waals surface area contributed by atoms with Gasteiger partial charge in [-0.05, 0) is 84.8 Å². The summed E-state index contributed by atoms with van der Waals surface area (Å²) in [6, 6.07) is 5.70. The number of ether oxygens (including phenoxy) is 2. The molecular weight excluding hydrogens is 452 g/mol. The quantitative estimate of drug-likeness (QED) is 0.470. The number of carbonyl (C=O) groups is 1. The Balaban J connectivity index is 1.53. The van der Waals surface area contributed by atoms with Crippen LogP contribution in [0.1, 0.15) is 44.7 Å². The molecule has 0 bridgehead atoms. The first-order valence-electron chi connectivity index (χ1n) is 10.8. The first kappa shape index (κ1) is 24.8. The molecule has 0 radical (unpaired) electrons. The van der Waals surface area contributed by atoms with Crippen LogP contribution in [0.4, 0.5) is 10.6 Å². The molecule has 1 aliphatic rings. The van der Waals surface area contributed by atoms with Crippen LogP contribution in [-0.4, -0.2) is 55.4 Å². The van der Waals surface area contributed by atoms with Crippen LogP contribution in [0.2, 0.25) is 5.28 Å². The topological polar surface area (TPSA) is 120 Å². The lowest BCUT2D eigenvalue weighted by Crippen LogP contribution is -2.36. The average molecular weight is 481 g/mol. The Labute approximate surface area is 197 Å². The van der Waals surface area contributed by atoms with Gasteiger partial charge in [-0.3, -0.25) is 4.57 Å². The van der Waals surface area contributed by atoms with E-state index in [9.17, 15) is 20.0 Å². The number of halogens is 1. The predicted molar refractivity (Wildman–Crippen MR) is 121 cm³/mol. The van der Waals surface area contributed by atoms with E-state index in [0.29, 0.717) is 25.3 Å². The highest BCUT2D eigenvalue weighted by atomic mass is 35.5. The molecule has 2 aromatic rings. The fourth-order valence-corrected chi connectivity index (χ4v) is 3.72. The van der Waals surface area contributed by atoms with E-state index in [-0.39, 0.29) is 30.3 Å². The molecule has 1 atom stereocenters. The Morgan fingerprint density at radius 1 is 1.36 bits per heavy atom. The third kappa shape index (κ3) is 7.06. The van der Waals surface area contributed by atoms with E-state index in [1.54, 1.807) is 4.90 Å². The van der Waals surface area contributed by atoms with Crippen molar-refractivity contribution in [1.82, 2.24) is 14.5 Å². The van der Waals surface area contributed by atoms with E-state index in [1.165, 1.54) is 10.8 Å². The number of nitrogens with zero attached hydrogens (tertiary/aromatic N) is 4. The molecule has 2 heterocycles. The van der Waals surface area contributed by atoms with E-state index >= 15 is 0 Å². The van der Waals surface area contributed by atoms with Crippen LogP contribution < -0.4 is 4.74 Å². The van der Waals surface area contributed by atoms with Gasteiger partial charge in [0.15, 0.2) is 0 Å². The maximum atomic E-state index is 12.4. The first-order valence-corrected chi connectivity index (χ1v) is 11.2. The van der Waals surface area contributed by atoms with Crippen molar-refractivity contribution >= 4 is 23.5 Å². The Bertz CT molecular complexity index is 1000. The van der Waals surface area contributed by atoms with Gasteiger partial charge in [-0.2, -0.15) is 0 Å². The molecule has 0 aliphatic carbocycles. The fourth-order valence-electron chi connectivity index (χ4n) is 3.50. The van der Waals surface area contributed by atoms with E-state index in [2.05, 4.69) is 4.98 Å². The molecule has 33 heavy (non-hydrogen) atoms. The highest BCUT2D eigenvalue weighted by molar-refractivity contribution is 6.28. The Morgan fingerprint density at radius 3 is 2.79 bits per heavy atom. The molecule has 0 saturated carbocycles. The fraction of sp³-hybridized carbons (Fsp3) is 0.545. The van der Waals surface area contributed by atoms with E-state index < -0.39 is 16.6 Å². The normalized spacial score (nSPS) is 14.9. The molecule has 11 heteroatoms. The highest BCUT2D eigenvalue weighted by Gasteiger charge is 2.25. The van der Waals surface area contributed by atoms with Crippen molar-refractivity contribution in [1.29, 1.82) is 0 Å². The van der Waals surface area contributed by atoms with Crippen molar-refractivity contribution in [2.75, 3.05) is 13.2 Å². The van der Waals surface area contributed by atoms with Gasteiger partial charge in [-0.15, -0.1) is 0 Å². The van der Waals surface area contributed by atoms with Crippen molar-refractivity contribution < 1.29 is 24.3 Å². The van der Waals surface area contributed by atoms with Crippen molar-refractivity contribution in [3.63, 3.8) is 0 Å². The Kier molecular flexibility index (Phi) is 7.80. The van der Waals surface area contributed by atoms with Crippen LogP contribution in [0, 0.1) is 10.1 Å². The molecule has 0 spiro atoms. The summed E-state index contributed by atoms with van der Waals surface area (Å²) in [4.78, 5) is 28.0. The second-order valence-electron chi connectivity index (χ2n) is 9.01. The smallest absolute Gasteiger partial charge is 0.410 e. The summed E-state index contributed by atoms with van der Waals surface area (Å²) in [5.41, 5.74) is 1.61. The molecule has 1 N–H and O–H groups in total. The summed E-state index contributed by atoms with van der Waals surface area (Å²) in [5.74, 6) is 0.302. The van der Waals surface area contributed by atoms with Crippen molar-refractivity contribution in [3.05, 3.63) is 50.9 Å². The summed E-state index contributed by atoms with van der Waals surface area (Å²) < 4.78 is 12.7. The summed E-state index contributed by atoms with van der Waals surface area (Å²) >= 11 is 5.89. The maximum Gasteiger partial charge on any atom is 0.410 e. The summed E-state index contributed by atoms with van der Waals surface area (Å²) in [5, 5.41) is 21.0. The second-order valence-corrected chi connectivity index (χ2v) is 9.35. The number of carbonyl (C=O) groups excluding carboxylic acids is 1. The number of hydrogen-bond donors (Lipinski definition) is 1. The molecule has 1 aromatic heterocycles. The van der Waals surface area contributed by atoms with Crippen molar-refractivity contribution in [2.24, 2.45) is 0 Å². The monoisotopic (exact) mass is 480 g/mol. The van der Waals surface area contributed by atoms with Gasteiger partial charge in [0.2, 0.25) is 0 Å². The Hall–Kier alpha value is -2.85. The molecule has 180 valence electrons. The van der Waals surface area contributed by atoms with Gasteiger partial charge in [0, 0.05) is 19.6 Å². The molecule has 10 nitrogen and oxygen atoms in total. The number of aryl methyl sites for hydroxylation is 2. The predicted octanol–water partition coefficient (Wildman–Crippen LogP) is 3.96. The zero-order valence-electron chi connectivity index (χ0n) is 19.0. The molecule has 1 aromatic carbocycles. The molecule has 0 fully saturated rings. The molecular formula is C22H29ClN4O6. The molecule has 0 saturated heterocycles. The third-order valence-electron chi connectivity index (χ3n) is 5.11. The minimum absolute atomic E-state index is 0.000922. The van der Waals surface area contributed by atoms with Crippen LogP contribution in [-0.2, 0) is 24.2 Å². The number of benzene rings is 1. The lowest BCUT2D eigenvalue weighted by atomic mass is 10.0. The van der Waals surface area contributed by atoms with Crippen LogP contribution >= 0.6 is 11.6 Å². The average Bonchev–Trinajstić information content (AvgIpc) is 2.97. The maximum absolute atomic E-state index is 12.4. The Morgan fingerprint density at radius 2 is 2.12 bits per heavy atom. The summed E-state index contributed by atoms with van der Waals surface area (Å²) in [6.45, 7) is 6.98. The van der Waals surface area contributed by atoms with Crippen LogP contribution in [0.15, 0.2) is 24.4 Å². The van der Waals surface area contributed by atoms with Crippen LogP contribution in [0.5, 0.6) is 5.75 Å². The van der Waals surface area contributed by atoms with Gasteiger partial charge in [-0.1, -0.05) is 6.07 Å². The van der Waals surface area contributed by atoms with Gasteiger partial charge >= 0.3 is 17.2 Å². The van der Waals surface area contributed by atoms with Gasteiger partial charge in [-0.25, -0.2) is 4.79 Å². The number of hydrogen-bond acceptors (Lipinski definition) is 7. The van der Waals surface area contributed by atoms with Gasteiger partial charge in [0.05, 0.1) is 6.10 Å². The van der Waals surface area contributed by atoms with Crippen LogP contribution in [0.25, 0.3) is 0 Å². The van der Waals surface area contributed by atoms with Crippen LogP contribution in [0.3, 0.4) is 0 Å². The zero-order valence-corrected chi connectivity index (χ0v) is 19.7. The molecule has 3 rings (SSSR count). The number of aliphatic hydroxyl groups excluding tert-OH is 1. The minimum atomic E-state index is -0.788. The largest absolute Gasteiger partial charge is 0.491 e. The standard InChI is InChI=1S/C22H29ClN4O6/c1-22(2,3)33-21(29)26-9-4-5-15-11-18(7-6-16(15)12-26)32-14-17(28)8-10-25-13-19(27(30)31)24-20(25)23/h6-7,11,13,17,28H,4-5,8-10,12,14H2,1-3H3. The van der Waals surface area contributed by atoms with E-state index in [0.717, 1.165) is 24.0 Å². The van der Waals surface area contributed by atoms with Gasteiger partial charge in [0.1, 0.15) is 24.2 Å². The SMILES string of the molecule is CC(C)(C)OC(=O)N1CCCc2cc(OCC(O)CCn3cc([N+](=O)[O-])nc3Cl)ccc2C1. The number of fused-ring (bicyclic) bond motifs is 1. The number of nitro groups is 1. The third-order valence-corrected chi connectivity index (χ3v) is 5.41. The first-order chi connectivity index (χ1) is 15.5. The number of amides is 1. The van der Waals surface area contributed by atoms with Gasteiger partial charge < -0.3 is 29.6 Å². The van der Waals surface area contributed by atoms with Crippen molar-refractivity contribution in [3.8, 4) is 5.75 Å². The number of imidazole rings is 1. The number of rotatable bonds is 7. The number of aromatic nitrogens is 2. The van der Waals surface area contributed by atoms with Crippen molar-refractivity contribution in [2.45, 2.75) is 64.8 Å². The summed E-state index contributed by atoms with van der Waals surface area (Å²) in [7, 11) is 0. The number of aliphatic hydroxyl groups is 1. The second kappa shape index (κ2) is 10.4. The lowest BCUT2D eigenvalue weighted by molar-refractivity contribution is -0.389. The summed E-state index contributed by atoms with van der Waals surface area (Å²) in [6.07, 6.45) is 2.06. The molecule has 1 aliphatic heterocycles. The minimum Gasteiger partial charge on any atom is -0.491 e.